The summed E-state index contributed by atoms with van der Waals surface area (Å²) in [5.41, 5.74) is 2.08. The Kier molecular flexibility index (Phi) is 5.47. The van der Waals surface area contributed by atoms with Gasteiger partial charge in [-0.15, -0.1) is 10.2 Å². The number of nitrogens with zero attached hydrogens (tertiary/aromatic N) is 8. The highest BCUT2D eigenvalue weighted by molar-refractivity contribution is 5.09. The second kappa shape index (κ2) is 8.18. The lowest BCUT2D eigenvalue weighted by atomic mass is 9.96. The number of hydrogen-bond acceptors (Lipinski definition) is 6. The van der Waals surface area contributed by atoms with Gasteiger partial charge in [-0.3, -0.25) is 9.58 Å². The molecule has 0 unspecified atom stereocenters. The van der Waals surface area contributed by atoms with E-state index in [0.717, 1.165) is 67.9 Å². The fraction of sp³-hybridized carbons (Fsp3) is 0.550. The minimum Gasteiger partial charge on any atom is -0.313 e. The van der Waals surface area contributed by atoms with Gasteiger partial charge in [-0.05, 0) is 58.8 Å². The molecule has 0 N–H and O–H groups in total. The summed E-state index contributed by atoms with van der Waals surface area (Å²) in [5.74, 6) is 3.48. The lowest BCUT2D eigenvalue weighted by Crippen LogP contribution is -2.34. The van der Waals surface area contributed by atoms with E-state index in [9.17, 15) is 0 Å². The summed E-state index contributed by atoms with van der Waals surface area (Å²) >= 11 is 0. The molecule has 8 nitrogen and oxygen atoms in total. The highest BCUT2D eigenvalue weighted by atomic mass is 15.3. The molecule has 0 saturated carbocycles. The molecule has 0 atom stereocenters. The first-order valence-corrected chi connectivity index (χ1v) is 10.0. The molecular weight excluding hydrogens is 352 g/mol. The molecule has 4 rings (SSSR count). The summed E-state index contributed by atoms with van der Waals surface area (Å²) in [7, 11) is 0. The molecule has 1 saturated heterocycles. The number of aromatic nitrogens is 7. The molecule has 1 aliphatic heterocycles. The van der Waals surface area contributed by atoms with Gasteiger partial charge in [0.15, 0.2) is 5.82 Å². The van der Waals surface area contributed by atoms with Crippen molar-refractivity contribution in [3.8, 4) is 0 Å². The van der Waals surface area contributed by atoms with Crippen LogP contribution in [0.1, 0.15) is 54.5 Å². The van der Waals surface area contributed by atoms with Gasteiger partial charge in [-0.1, -0.05) is 0 Å². The Morgan fingerprint density at radius 3 is 2.43 bits per heavy atom. The summed E-state index contributed by atoms with van der Waals surface area (Å²) < 4.78 is 4.15. The number of likely N-dealkylation sites (tertiary alicyclic amines) is 1. The van der Waals surface area contributed by atoms with Gasteiger partial charge in [0.1, 0.15) is 18.2 Å². The van der Waals surface area contributed by atoms with Gasteiger partial charge in [0.05, 0.1) is 6.54 Å². The largest absolute Gasteiger partial charge is 0.313 e. The normalized spacial score (nSPS) is 16.0. The topological polar surface area (TPSA) is 77.5 Å². The molecule has 0 aromatic carbocycles. The van der Waals surface area contributed by atoms with E-state index < -0.39 is 0 Å². The minimum absolute atomic E-state index is 0.454. The average molecular weight is 381 g/mol. The Morgan fingerprint density at radius 2 is 1.79 bits per heavy atom. The van der Waals surface area contributed by atoms with Crippen molar-refractivity contribution in [2.24, 2.45) is 0 Å². The summed E-state index contributed by atoms with van der Waals surface area (Å²) in [6.07, 6.45) is 5.93. The highest BCUT2D eigenvalue weighted by Crippen LogP contribution is 2.28. The van der Waals surface area contributed by atoms with Crippen molar-refractivity contribution in [2.75, 3.05) is 13.1 Å². The van der Waals surface area contributed by atoms with Crippen LogP contribution in [0.2, 0.25) is 0 Å². The zero-order valence-corrected chi connectivity index (χ0v) is 16.9. The van der Waals surface area contributed by atoms with Gasteiger partial charge >= 0.3 is 0 Å². The van der Waals surface area contributed by atoms with E-state index >= 15 is 0 Å². The summed E-state index contributed by atoms with van der Waals surface area (Å²) in [5, 5.41) is 13.3. The van der Waals surface area contributed by atoms with Gasteiger partial charge in [0.2, 0.25) is 0 Å². The molecule has 4 heterocycles. The van der Waals surface area contributed by atoms with Crippen molar-refractivity contribution in [1.82, 2.24) is 39.4 Å². The predicted octanol–water partition coefficient (Wildman–Crippen LogP) is 2.33. The van der Waals surface area contributed by atoms with Crippen LogP contribution >= 0.6 is 0 Å². The van der Waals surface area contributed by atoms with Crippen molar-refractivity contribution in [3.63, 3.8) is 0 Å². The number of piperidine rings is 1. The third-order valence-corrected chi connectivity index (χ3v) is 5.38. The number of rotatable bonds is 6. The van der Waals surface area contributed by atoms with E-state index in [0.29, 0.717) is 12.5 Å². The van der Waals surface area contributed by atoms with Crippen LogP contribution in [0.5, 0.6) is 0 Å². The van der Waals surface area contributed by atoms with E-state index in [-0.39, 0.29) is 0 Å². The summed E-state index contributed by atoms with van der Waals surface area (Å²) in [4.78, 5) is 11.6. The zero-order valence-electron chi connectivity index (χ0n) is 16.9. The monoisotopic (exact) mass is 380 g/mol. The van der Waals surface area contributed by atoms with Crippen LogP contribution in [0.3, 0.4) is 0 Å². The molecule has 28 heavy (non-hydrogen) atoms. The van der Waals surface area contributed by atoms with Crippen LogP contribution in [0.25, 0.3) is 0 Å². The van der Waals surface area contributed by atoms with Gasteiger partial charge in [-0.25, -0.2) is 9.97 Å². The van der Waals surface area contributed by atoms with Crippen molar-refractivity contribution in [1.29, 1.82) is 0 Å². The third kappa shape index (κ3) is 4.11. The molecule has 0 aliphatic carbocycles. The van der Waals surface area contributed by atoms with Crippen LogP contribution in [0.4, 0.5) is 0 Å². The van der Waals surface area contributed by atoms with Gasteiger partial charge in [-0.2, -0.15) is 5.10 Å². The molecule has 1 fully saturated rings. The molecule has 0 amide bonds. The Labute approximate surface area is 165 Å². The second-order valence-electron chi connectivity index (χ2n) is 7.54. The fourth-order valence-corrected chi connectivity index (χ4v) is 4.07. The Balaban J connectivity index is 1.40. The molecule has 1 aliphatic rings. The number of hydrogen-bond donors (Lipinski definition) is 0. The van der Waals surface area contributed by atoms with Crippen molar-refractivity contribution >= 4 is 0 Å². The van der Waals surface area contributed by atoms with Gasteiger partial charge in [0.25, 0.3) is 0 Å². The summed E-state index contributed by atoms with van der Waals surface area (Å²) in [6.45, 7) is 10.7. The maximum atomic E-state index is 4.58. The third-order valence-electron chi connectivity index (χ3n) is 5.38. The molecule has 3 aromatic rings. The molecule has 0 radical (unpaired) electrons. The maximum absolute atomic E-state index is 4.58. The Morgan fingerprint density at radius 1 is 1.04 bits per heavy atom. The molecule has 148 valence electrons. The van der Waals surface area contributed by atoms with E-state index in [1.807, 2.05) is 36.9 Å². The van der Waals surface area contributed by atoms with E-state index in [4.69, 9.17) is 0 Å². The van der Waals surface area contributed by atoms with Gasteiger partial charge in [0, 0.05) is 36.2 Å². The zero-order chi connectivity index (χ0) is 19.5. The molecule has 0 bridgehead atoms. The van der Waals surface area contributed by atoms with Crippen molar-refractivity contribution in [3.05, 3.63) is 53.4 Å². The average Bonchev–Trinajstić information content (AvgIpc) is 3.31. The lowest BCUT2D eigenvalue weighted by Gasteiger charge is -2.31. The molecule has 0 spiro atoms. The van der Waals surface area contributed by atoms with Crippen LogP contribution in [0, 0.1) is 13.8 Å². The standard InChI is InChI=1S/C20H28N8/c1-4-28-19(14-27-9-5-8-21-27)24-25-20(28)17-6-10-26(11-7-17)13-18-22-15(2)12-16(3)23-18/h5,8-9,12,17H,4,6-7,10-11,13-14H2,1-3H3. The molecular formula is C20H28N8. The van der Waals surface area contributed by atoms with Crippen LogP contribution < -0.4 is 0 Å². The molecule has 3 aromatic heterocycles. The van der Waals surface area contributed by atoms with Crippen LogP contribution in [0.15, 0.2) is 24.5 Å². The first kappa shape index (κ1) is 18.7. The first-order chi connectivity index (χ1) is 13.6. The summed E-state index contributed by atoms with van der Waals surface area (Å²) in [6, 6.07) is 3.96. The smallest absolute Gasteiger partial charge is 0.154 e. The van der Waals surface area contributed by atoms with Crippen LogP contribution in [-0.2, 0) is 19.6 Å². The SMILES string of the molecule is CCn1c(Cn2cccn2)nnc1C1CCN(Cc2nc(C)cc(C)n2)CC1. The fourth-order valence-electron chi connectivity index (χ4n) is 4.07. The lowest BCUT2D eigenvalue weighted by molar-refractivity contribution is 0.195. The van der Waals surface area contributed by atoms with Crippen molar-refractivity contribution in [2.45, 2.75) is 59.2 Å². The minimum atomic E-state index is 0.454. The second-order valence-corrected chi connectivity index (χ2v) is 7.54. The van der Waals surface area contributed by atoms with E-state index in [2.05, 4.69) is 41.7 Å². The first-order valence-electron chi connectivity index (χ1n) is 10.0. The Bertz CT molecular complexity index is 886. The van der Waals surface area contributed by atoms with E-state index in [1.165, 1.54) is 0 Å². The Hall–Kier alpha value is -2.61. The van der Waals surface area contributed by atoms with Gasteiger partial charge < -0.3 is 4.57 Å². The predicted molar refractivity (Wildman–Crippen MR) is 106 cm³/mol. The highest BCUT2D eigenvalue weighted by Gasteiger charge is 2.26. The quantitative estimate of drug-likeness (QED) is 0.653. The van der Waals surface area contributed by atoms with Crippen molar-refractivity contribution < 1.29 is 0 Å². The van der Waals surface area contributed by atoms with Crippen LogP contribution in [-0.4, -0.2) is 52.5 Å². The molecule has 8 heteroatoms. The maximum Gasteiger partial charge on any atom is 0.154 e. The number of aryl methyl sites for hydroxylation is 2. The van der Waals surface area contributed by atoms with E-state index in [1.54, 1.807) is 6.20 Å².